The molecule has 1 unspecified atom stereocenters. The number of hydrogen-bond acceptors (Lipinski definition) is 4. The Balaban J connectivity index is 2.15. The highest BCUT2D eigenvalue weighted by Crippen LogP contribution is 2.46. The van der Waals surface area contributed by atoms with E-state index in [4.69, 9.17) is 0 Å². The second-order valence-electron chi connectivity index (χ2n) is 4.84. The Hall–Kier alpha value is -1.32. The van der Waals surface area contributed by atoms with Crippen molar-refractivity contribution in [3.8, 4) is 0 Å². The molecule has 1 heterocycles. The van der Waals surface area contributed by atoms with Gasteiger partial charge in [-0.3, -0.25) is 0 Å². The van der Waals surface area contributed by atoms with Gasteiger partial charge in [0.25, 0.3) is 0 Å². The van der Waals surface area contributed by atoms with E-state index in [0.717, 1.165) is 17.2 Å². The zero-order valence-corrected chi connectivity index (χ0v) is 9.76. The number of nitrogens with zero attached hydrogens (tertiary/aromatic N) is 2. The number of hydrogen-bond donors (Lipinski definition) is 2. The van der Waals surface area contributed by atoms with Crippen LogP contribution < -0.4 is 10.6 Å². The van der Waals surface area contributed by atoms with Crippen molar-refractivity contribution < 1.29 is 0 Å². The van der Waals surface area contributed by atoms with Gasteiger partial charge in [-0.2, -0.15) is 0 Å². The topological polar surface area (TPSA) is 49.8 Å². The number of anilines is 2. The van der Waals surface area contributed by atoms with Gasteiger partial charge in [0, 0.05) is 18.7 Å². The molecule has 1 aromatic heterocycles. The van der Waals surface area contributed by atoms with Gasteiger partial charge in [0.15, 0.2) is 0 Å². The van der Waals surface area contributed by atoms with Crippen LogP contribution in [0.2, 0.25) is 0 Å². The second kappa shape index (κ2) is 3.36. The maximum absolute atomic E-state index is 4.27. The van der Waals surface area contributed by atoms with E-state index in [0.29, 0.717) is 11.5 Å². The highest BCUT2D eigenvalue weighted by Gasteiger charge is 2.46. The van der Waals surface area contributed by atoms with Crippen molar-refractivity contribution in [1.82, 2.24) is 9.97 Å². The molecule has 4 nitrogen and oxygen atoms in total. The van der Waals surface area contributed by atoms with Gasteiger partial charge in [0.1, 0.15) is 18.0 Å². The molecule has 82 valence electrons. The Morgan fingerprint density at radius 3 is 2.47 bits per heavy atom. The first-order valence-electron chi connectivity index (χ1n) is 5.30. The number of nitrogens with one attached hydrogen (secondary N) is 2. The predicted octanol–water partition coefficient (Wildman–Crippen LogP) is 2.04. The fraction of sp³-hybridized carbons (Fsp3) is 0.636. The average Bonchev–Trinajstić information content (AvgIpc) is 2.77. The van der Waals surface area contributed by atoms with Crippen LogP contribution in [0.15, 0.2) is 6.33 Å². The molecule has 1 aliphatic rings. The highest BCUT2D eigenvalue weighted by atomic mass is 15.1. The molecule has 2 rings (SSSR count). The van der Waals surface area contributed by atoms with Crippen molar-refractivity contribution in [3.05, 3.63) is 11.9 Å². The normalized spacial score (nSPS) is 22.3. The molecule has 0 amide bonds. The Morgan fingerprint density at radius 1 is 1.33 bits per heavy atom. The first-order valence-corrected chi connectivity index (χ1v) is 5.30. The molecular weight excluding hydrogens is 188 g/mol. The predicted molar refractivity (Wildman–Crippen MR) is 62.1 cm³/mol. The zero-order valence-electron chi connectivity index (χ0n) is 9.76. The molecule has 15 heavy (non-hydrogen) atoms. The molecule has 0 radical (unpaired) electrons. The van der Waals surface area contributed by atoms with Gasteiger partial charge < -0.3 is 10.6 Å². The second-order valence-corrected chi connectivity index (χ2v) is 4.84. The SMILES string of the molecule is CNc1ncnc(NC2CC2(C)C)c1C. The minimum Gasteiger partial charge on any atom is -0.373 e. The van der Waals surface area contributed by atoms with E-state index < -0.39 is 0 Å². The van der Waals surface area contributed by atoms with Crippen LogP contribution in [-0.2, 0) is 0 Å². The number of rotatable bonds is 3. The van der Waals surface area contributed by atoms with Gasteiger partial charge in [-0.1, -0.05) is 13.8 Å². The van der Waals surface area contributed by atoms with Crippen LogP contribution in [0.4, 0.5) is 11.6 Å². The third kappa shape index (κ3) is 1.89. The van der Waals surface area contributed by atoms with Crippen LogP contribution >= 0.6 is 0 Å². The van der Waals surface area contributed by atoms with Crippen LogP contribution in [-0.4, -0.2) is 23.1 Å². The molecule has 1 atom stereocenters. The summed E-state index contributed by atoms with van der Waals surface area (Å²) in [5.74, 6) is 1.84. The monoisotopic (exact) mass is 206 g/mol. The molecule has 4 heteroatoms. The summed E-state index contributed by atoms with van der Waals surface area (Å²) >= 11 is 0. The summed E-state index contributed by atoms with van der Waals surface area (Å²) in [5.41, 5.74) is 1.50. The fourth-order valence-electron chi connectivity index (χ4n) is 1.73. The summed E-state index contributed by atoms with van der Waals surface area (Å²) in [5, 5.41) is 6.52. The van der Waals surface area contributed by atoms with Gasteiger partial charge in [-0.05, 0) is 18.8 Å². The van der Waals surface area contributed by atoms with Crippen molar-refractivity contribution in [1.29, 1.82) is 0 Å². The van der Waals surface area contributed by atoms with E-state index in [1.54, 1.807) is 6.33 Å². The zero-order chi connectivity index (χ0) is 11.1. The Bertz CT molecular complexity index is 373. The summed E-state index contributed by atoms with van der Waals surface area (Å²) in [6.07, 6.45) is 2.81. The molecule has 1 saturated carbocycles. The largest absolute Gasteiger partial charge is 0.373 e. The van der Waals surface area contributed by atoms with Gasteiger partial charge >= 0.3 is 0 Å². The fourth-order valence-corrected chi connectivity index (χ4v) is 1.73. The van der Waals surface area contributed by atoms with E-state index in [1.165, 1.54) is 6.42 Å². The van der Waals surface area contributed by atoms with Gasteiger partial charge in [-0.25, -0.2) is 9.97 Å². The van der Waals surface area contributed by atoms with Crippen LogP contribution in [0.25, 0.3) is 0 Å². The van der Waals surface area contributed by atoms with Crippen LogP contribution in [0.1, 0.15) is 25.8 Å². The van der Waals surface area contributed by atoms with Crippen LogP contribution in [0, 0.1) is 12.3 Å². The third-order valence-electron chi connectivity index (χ3n) is 3.15. The standard InChI is InChI=1S/C11H18N4/c1-7-9(12-4)13-6-14-10(7)15-8-5-11(8,2)3/h6,8H,5H2,1-4H3,(H2,12,13,14,15). The lowest BCUT2D eigenvalue weighted by Crippen LogP contribution is -2.12. The molecule has 0 spiro atoms. The Labute approximate surface area is 90.5 Å². The van der Waals surface area contributed by atoms with E-state index >= 15 is 0 Å². The molecule has 0 saturated heterocycles. The molecular formula is C11H18N4. The van der Waals surface area contributed by atoms with E-state index in [2.05, 4.69) is 34.4 Å². The maximum atomic E-state index is 4.27. The van der Waals surface area contributed by atoms with Crippen molar-refractivity contribution >= 4 is 11.6 Å². The average molecular weight is 206 g/mol. The molecule has 0 bridgehead atoms. The van der Waals surface area contributed by atoms with Crippen molar-refractivity contribution in [2.45, 2.75) is 33.2 Å². The number of aromatic nitrogens is 2. The van der Waals surface area contributed by atoms with Gasteiger partial charge in [0.2, 0.25) is 0 Å². The first-order chi connectivity index (χ1) is 7.04. The highest BCUT2D eigenvalue weighted by molar-refractivity contribution is 5.57. The maximum Gasteiger partial charge on any atom is 0.134 e. The summed E-state index contributed by atoms with van der Waals surface area (Å²) in [4.78, 5) is 8.43. The molecule has 1 aromatic rings. The van der Waals surface area contributed by atoms with Crippen molar-refractivity contribution in [2.24, 2.45) is 5.41 Å². The van der Waals surface area contributed by atoms with Crippen LogP contribution in [0.3, 0.4) is 0 Å². The molecule has 0 aliphatic heterocycles. The minimum absolute atomic E-state index is 0.414. The van der Waals surface area contributed by atoms with Gasteiger partial charge in [-0.15, -0.1) is 0 Å². The summed E-state index contributed by atoms with van der Waals surface area (Å²) < 4.78 is 0. The summed E-state index contributed by atoms with van der Waals surface area (Å²) in [6.45, 7) is 6.56. The van der Waals surface area contributed by atoms with Crippen LogP contribution in [0.5, 0.6) is 0 Å². The summed E-state index contributed by atoms with van der Waals surface area (Å²) in [6, 6.07) is 0.552. The molecule has 1 fully saturated rings. The quantitative estimate of drug-likeness (QED) is 0.794. The van der Waals surface area contributed by atoms with E-state index in [9.17, 15) is 0 Å². The minimum atomic E-state index is 0.414. The molecule has 0 aromatic carbocycles. The van der Waals surface area contributed by atoms with E-state index in [1.807, 2.05) is 14.0 Å². The smallest absolute Gasteiger partial charge is 0.134 e. The van der Waals surface area contributed by atoms with Gasteiger partial charge in [0.05, 0.1) is 0 Å². The lowest BCUT2D eigenvalue weighted by Gasteiger charge is -2.11. The first kappa shape index (κ1) is 10.2. The Morgan fingerprint density at radius 2 is 1.93 bits per heavy atom. The lowest BCUT2D eigenvalue weighted by atomic mass is 10.2. The summed E-state index contributed by atoms with van der Waals surface area (Å²) in [7, 11) is 1.88. The van der Waals surface area contributed by atoms with E-state index in [-0.39, 0.29) is 0 Å². The van der Waals surface area contributed by atoms with Crippen molar-refractivity contribution in [2.75, 3.05) is 17.7 Å². The molecule has 2 N–H and O–H groups in total. The lowest BCUT2D eigenvalue weighted by molar-refractivity contribution is 0.629. The molecule has 1 aliphatic carbocycles. The third-order valence-corrected chi connectivity index (χ3v) is 3.15. The van der Waals surface area contributed by atoms with Crippen molar-refractivity contribution in [3.63, 3.8) is 0 Å². The Kier molecular flexibility index (Phi) is 2.29.